The van der Waals surface area contributed by atoms with E-state index in [1.54, 1.807) is 0 Å². The molecule has 1 fully saturated rings. The minimum Gasteiger partial charge on any atom is -0.393 e. The molecule has 0 aliphatic heterocycles. The van der Waals surface area contributed by atoms with Crippen molar-refractivity contribution in [3.8, 4) is 0 Å². The minimum atomic E-state index is -0.0579. The van der Waals surface area contributed by atoms with Crippen molar-refractivity contribution in [2.24, 2.45) is 0 Å². The van der Waals surface area contributed by atoms with Crippen molar-refractivity contribution >= 4 is 0 Å². The monoisotopic (exact) mass is 219 g/mol. The molecule has 1 saturated carbocycles. The summed E-state index contributed by atoms with van der Waals surface area (Å²) in [5.41, 5.74) is 2.65. The lowest BCUT2D eigenvalue weighted by molar-refractivity contribution is 0.116. The molecule has 0 spiro atoms. The molecule has 88 valence electrons. The average molecular weight is 219 g/mol. The second-order valence-corrected chi connectivity index (χ2v) is 4.87. The van der Waals surface area contributed by atoms with Crippen molar-refractivity contribution in [1.82, 2.24) is 5.32 Å². The lowest BCUT2D eigenvalue weighted by Gasteiger charge is -2.26. The summed E-state index contributed by atoms with van der Waals surface area (Å²) in [5, 5.41) is 13.0. The third-order valence-electron chi connectivity index (χ3n) is 3.41. The first-order valence-electron chi connectivity index (χ1n) is 6.21. The maximum absolute atomic E-state index is 9.41. The van der Waals surface area contributed by atoms with E-state index in [4.69, 9.17) is 0 Å². The number of aliphatic hydroxyl groups is 1. The van der Waals surface area contributed by atoms with Crippen molar-refractivity contribution < 1.29 is 5.11 Å². The zero-order chi connectivity index (χ0) is 11.4. The molecule has 2 nitrogen and oxygen atoms in total. The molecule has 0 radical (unpaired) electrons. The topological polar surface area (TPSA) is 32.3 Å². The van der Waals surface area contributed by atoms with Gasteiger partial charge in [-0.2, -0.15) is 0 Å². The van der Waals surface area contributed by atoms with Gasteiger partial charge in [0.2, 0.25) is 0 Å². The van der Waals surface area contributed by atoms with Gasteiger partial charge in [0.1, 0.15) is 0 Å². The second-order valence-electron chi connectivity index (χ2n) is 4.87. The second kappa shape index (κ2) is 5.46. The predicted molar refractivity (Wildman–Crippen MR) is 66.3 cm³/mol. The summed E-state index contributed by atoms with van der Waals surface area (Å²) in [6.07, 6.45) is 4.05. The molecule has 1 aromatic carbocycles. The van der Waals surface area contributed by atoms with E-state index in [9.17, 15) is 5.11 Å². The van der Waals surface area contributed by atoms with E-state index in [2.05, 4.69) is 36.5 Å². The zero-order valence-corrected chi connectivity index (χ0v) is 9.95. The molecule has 2 heteroatoms. The molecular weight excluding hydrogens is 198 g/mol. The van der Waals surface area contributed by atoms with Gasteiger partial charge in [0.15, 0.2) is 0 Å². The van der Waals surface area contributed by atoms with E-state index < -0.39 is 0 Å². The van der Waals surface area contributed by atoms with Crippen LogP contribution >= 0.6 is 0 Å². The van der Waals surface area contributed by atoms with Crippen LogP contribution in [0.3, 0.4) is 0 Å². The van der Waals surface area contributed by atoms with Gasteiger partial charge in [-0.25, -0.2) is 0 Å². The molecule has 0 bridgehead atoms. The number of rotatable bonds is 3. The van der Waals surface area contributed by atoms with E-state index in [0.717, 1.165) is 32.2 Å². The van der Waals surface area contributed by atoms with Crippen LogP contribution in [0.15, 0.2) is 24.3 Å². The summed E-state index contributed by atoms with van der Waals surface area (Å²) < 4.78 is 0. The Bertz CT molecular complexity index is 312. The van der Waals surface area contributed by atoms with Crippen LogP contribution in [0.25, 0.3) is 0 Å². The van der Waals surface area contributed by atoms with Gasteiger partial charge in [-0.15, -0.1) is 0 Å². The molecule has 0 amide bonds. The lowest BCUT2D eigenvalue weighted by atomic mass is 9.93. The Morgan fingerprint density at radius 3 is 2.38 bits per heavy atom. The average Bonchev–Trinajstić information content (AvgIpc) is 2.30. The molecule has 0 unspecified atom stereocenters. The van der Waals surface area contributed by atoms with Gasteiger partial charge in [-0.3, -0.25) is 0 Å². The Kier molecular flexibility index (Phi) is 3.97. The van der Waals surface area contributed by atoms with Crippen molar-refractivity contribution in [2.75, 3.05) is 0 Å². The van der Waals surface area contributed by atoms with Crippen LogP contribution in [-0.2, 0) is 6.54 Å². The zero-order valence-electron chi connectivity index (χ0n) is 9.95. The van der Waals surface area contributed by atoms with E-state index >= 15 is 0 Å². The van der Waals surface area contributed by atoms with Crippen LogP contribution < -0.4 is 5.32 Å². The fourth-order valence-corrected chi connectivity index (χ4v) is 2.25. The first kappa shape index (κ1) is 11.6. The third kappa shape index (κ3) is 3.32. The molecule has 0 atom stereocenters. The Labute approximate surface area is 97.7 Å². The highest BCUT2D eigenvalue weighted by Crippen LogP contribution is 2.18. The van der Waals surface area contributed by atoms with E-state index in [0.29, 0.717) is 6.04 Å². The van der Waals surface area contributed by atoms with Crippen LogP contribution in [0, 0.1) is 6.92 Å². The number of benzene rings is 1. The van der Waals surface area contributed by atoms with E-state index in [1.165, 1.54) is 11.1 Å². The normalized spacial score (nSPS) is 25.6. The summed E-state index contributed by atoms with van der Waals surface area (Å²) in [6, 6.07) is 9.26. The van der Waals surface area contributed by atoms with Gasteiger partial charge in [0.25, 0.3) is 0 Å². The molecule has 2 rings (SSSR count). The van der Waals surface area contributed by atoms with Gasteiger partial charge >= 0.3 is 0 Å². The van der Waals surface area contributed by atoms with Crippen molar-refractivity contribution in [1.29, 1.82) is 0 Å². The molecule has 0 aromatic heterocycles. The minimum absolute atomic E-state index is 0.0579. The number of aryl methyl sites for hydroxylation is 1. The highest BCUT2D eigenvalue weighted by Gasteiger charge is 2.18. The van der Waals surface area contributed by atoms with Crippen molar-refractivity contribution in [2.45, 2.75) is 51.3 Å². The summed E-state index contributed by atoms with van der Waals surface area (Å²) >= 11 is 0. The maximum atomic E-state index is 9.41. The van der Waals surface area contributed by atoms with Crippen molar-refractivity contribution in [3.05, 3.63) is 35.4 Å². The number of nitrogens with one attached hydrogen (secondary N) is 1. The molecule has 16 heavy (non-hydrogen) atoms. The van der Waals surface area contributed by atoms with Crippen LogP contribution in [-0.4, -0.2) is 17.3 Å². The molecule has 1 aromatic rings. The molecular formula is C14H21NO. The smallest absolute Gasteiger partial charge is 0.0541 e. The van der Waals surface area contributed by atoms with Gasteiger partial charge in [-0.05, 0) is 38.2 Å². The first-order valence-corrected chi connectivity index (χ1v) is 6.21. The Morgan fingerprint density at radius 1 is 1.12 bits per heavy atom. The summed E-state index contributed by atoms with van der Waals surface area (Å²) in [7, 11) is 0. The predicted octanol–water partition coefficient (Wildman–Crippen LogP) is 2.39. The standard InChI is InChI=1S/C14H21NO/c1-11-2-4-12(5-3-11)10-15-13-6-8-14(16)9-7-13/h2-5,13-16H,6-10H2,1H3. The highest BCUT2D eigenvalue weighted by atomic mass is 16.3. The molecule has 0 heterocycles. The Hall–Kier alpha value is -0.860. The van der Waals surface area contributed by atoms with Crippen LogP contribution in [0.1, 0.15) is 36.8 Å². The van der Waals surface area contributed by atoms with Crippen LogP contribution in [0.5, 0.6) is 0 Å². The molecule has 2 N–H and O–H groups in total. The quantitative estimate of drug-likeness (QED) is 0.818. The largest absolute Gasteiger partial charge is 0.393 e. The molecule has 1 aliphatic rings. The van der Waals surface area contributed by atoms with Gasteiger partial charge in [0, 0.05) is 12.6 Å². The lowest BCUT2D eigenvalue weighted by Crippen LogP contribution is -2.34. The van der Waals surface area contributed by atoms with Gasteiger partial charge in [0.05, 0.1) is 6.10 Å². The highest BCUT2D eigenvalue weighted by molar-refractivity contribution is 5.21. The maximum Gasteiger partial charge on any atom is 0.0541 e. The number of aliphatic hydroxyl groups excluding tert-OH is 1. The fraction of sp³-hybridized carbons (Fsp3) is 0.571. The third-order valence-corrected chi connectivity index (χ3v) is 3.41. The Balaban J connectivity index is 1.77. The van der Waals surface area contributed by atoms with Crippen LogP contribution in [0.4, 0.5) is 0 Å². The summed E-state index contributed by atoms with van der Waals surface area (Å²) in [4.78, 5) is 0. The van der Waals surface area contributed by atoms with Crippen LogP contribution in [0.2, 0.25) is 0 Å². The van der Waals surface area contributed by atoms with Crippen molar-refractivity contribution in [3.63, 3.8) is 0 Å². The summed E-state index contributed by atoms with van der Waals surface area (Å²) in [5.74, 6) is 0. The fourth-order valence-electron chi connectivity index (χ4n) is 2.25. The summed E-state index contributed by atoms with van der Waals surface area (Å²) in [6.45, 7) is 3.06. The van der Waals surface area contributed by atoms with Gasteiger partial charge in [-0.1, -0.05) is 29.8 Å². The molecule has 0 saturated heterocycles. The number of hydrogen-bond acceptors (Lipinski definition) is 2. The Morgan fingerprint density at radius 2 is 1.75 bits per heavy atom. The van der Waals surface area contributed by atoms with E-state index in [1.807, 2.05) is 0 Å². The SMILES string of the molecule is Cc1ccc(CNC2CCC(O)CC2)cc1. The first-order chi connectivity index (χ1) is 7.74. The number of hydrogen-bond donors (Lipinski definition) is 2. The van der Waals surface area contributed by atoms with E-state index in [-0.39, 0.29) is 6.10 Å². The van der Waals surface area contributed by atoms with Gasteiger partial charge < -0.3 is 10.4 Å². The molecule has 1 aliphatic carbocycles.